The van der Waals surface area contributed by atoms with Gasteiger partial charge in [-0.05, 0) is 34.7 Å². The number of carbonyl (C=O) groups is 2. The predicted molar refractivity (Wildman–Crippen MR) is 72.1 cm³/mol. The molecule has 100 valence electrons. The maximum atomic E-state index is 12.1. The summed E-state index contributed by atoms with van der Waals surface area (Å²) in [5.74, 6) is -0.945. The average molecular weight is 288 g/mol. The normalized spacial score (nSPS) is 16.8. The number of hydrogen-bond acceptors (Lipinski definition) is 4. The molecular formula is C14H8O5S. The minimum atomic E-state index is -4.56. The number of benzene rings is 1. The fraction of sp³-hybridized carbons (Fsp3) is 0. The number of fused-ring (bicyclic) bond motifs is 2. The van der Waals surface area contributed by atoms with Crippen molar-refractivity contribution in [2.24, 2.45) is 0 Å². The zero-order valence-corrected chi connectivity index (χ0v) is 10.8. The molecule has 0 spiro atoms. The van der Waals surface area contributed by atoms with E-state index in [-0.39, 0.29) is 11.3 Å². The Kier molecular flexibility index (Phi) is 2.60. The standard InChI is InChI=1S/C14H8O5S/c15-12-3-1-2-8-7-11-9(6-10(8)12)4-5-13(14(11)16)20(17,18)19/h1-7H,(H,17,18,19). The Morgan fingerprint density at radius 1 is 0.900 bits per heavy atom. The minimum Gasteiger partial charge on any atom is -0.289 e. The van der Waals surface area contributed by atoms with Gasteiger partial charge in [0.05, 0.1) is 0 Å². The zero-order chi connectivity index (χ0) is 14.5. The Balaban J connectivity index is 2.33. The fourth-order valence-corrected chi connectivity index (χ4v) is 2.81. The Labute approximate surface area is 114 Å². The Morgan fingerprint density at radius 3 is 2.25 bits per heavy atom. The highest BCUT2D eigenvalue weighted by Crippen LogP contribution is 2.14. The monoisotopic (exact) mass is 288 g/mol. The molecule has 3 rings (SSSR count). The first-order chi connectivity index (χ1) is 9.38. The lowest BCUT2D eigenvalue weighted by atomic mass is 9.95. The SMILES string of the molecule is O=C1C=CC=c2cc3c(cc21)=CC=C(S(=O)(=O)O)C3=O. The summed E-state index contributed by atoms with van der Waals surface area (Å²) in [5, 5.41) is 1.01. The molecule has 0 heterocycles. The lowest BCUT2D eigenvalue weighted by molar-refractivity contribution is 0.103. The van der Waals surface area contributed by atoms with Gasteiger partial charge in [-0.3, -0.25) is 14.1 Å². The van der Waals surface area contributed by atoms with E-state index in [1.807, 2.05) is 0 Å². The van der Waals surface area contributed by atoms with Crippen molar-refractivity contribution in [3.63, 3.8) is 0 Å². The molecule has 20 heavy (non-hydrogen) atoms. The van der Waals surface area contributed by atoms with Crippen LogP contribution in [-0.4, -0.2) is 24.5 Å². The van der Waals surface area contributed by atoms with Gasteiger partial charge >= 0.3 is 0 Å². The van der Waals surface area contributed by atoms with Gasteiger partial charge in [0.15, 0.2) is 5.78 Å². The van der Waals surface area contributed by atoms with E-state index in [4.69, 9.17) is 4.55 Å². The molecule has 0 atom stereocenters. The molecule has 0 saturated carbocycles. The van der Waals surface area contributed by atoms with Gasteiger partial charge < -0.3 is 0 Å². The van der Waals surface area contributed by atoms with Gasteiger partial charge in [-0.1, -0.05) is 18.2 Å². The second-order valence-electron chi connectivity index (χ2n) is 4.42. The summed E-state index contributed by atoms with van der Waals surface area (Å²) in [7, 11) is -4.56. The smallest absolute Gasteiger partial charge is 0.289 e. The van der Waals surface area contributed by atoms with Gasteiger partial charge in [-0.15, -0.1) is 0 Å². The van der Waals surface area contributed by atoms with Crippen LogP contribution in [0.1, 0.15) is 20.7 Å². The third-order valence-electron chi connectivity index (χ3n) is 3.17. The quantitative estimate of drug-likeness (QED) is 0.733. The van der Waals surface area contributed by atoms with Crippen molar-refractivity contribution in [2.45, 2.75) is 0 Å². The molecule has 6 heteroatoms. The van der Waals surface area contributed by atoms with Crippen molar-refractivity contribution < 1.29 is 22.6 Å². The summed E-state index contributed by atoms with van der Waals surface area (Å²) in [4.78, 5) is 23.1. The van der Waals surface area contributed by atoms with Crippen LogP contribution in [0.4, 0.5) is 0 Å². The van der Waals surface area contributed by atoms with Gasteiger partial charge in [0.25, 0.3) is 10.1 Å². The van der Waals surface area contributed by atoms with Crippen LogP contribution in [0.15, 0.2) is 35.3 Å². The molecule has 0 unspecified atom stereocenters. The van der Waals surface area contributed by atoms with Crippen molar-refractivity contribution in [3.8, 4) is 0 Å². The Bertz CT molecular complexity index is 946. The van der Waals surface area contributed by atoms with E-state index in [2.05, 4.69) is 0 Å². The van der Waals surface area contributed by atoms with Crippen LogP contribution in [0.3, 0.4) is 0 Å². The highest BCUT2D eigenvalue weighted by Gasteiger charge is 2.27. The molecule has 0 amide bonds. The van der Waals surface area contributed by atoms with E-state index in [1.54, 1.807) is 18.2 Å². The summed E-state index contributed by atoms with van der Waals surface area (Å²) in [6.07, 6.45) is 7.08. The van der Waals surface area contributed by atoms with Crippen LogP contribution in [0, 0.1) is 0 Å². The second-order valence-corrected chi connectivity index (χ2v) is 5.81. The molecule has 0 radical (unpaired) electrons. The lowest BCUT2D eigenvalue weighted by Crippen LogP contribution is -2.29. The van der Waals surface area contributed by atoms with E-state index in [1.165, 1.54) is 18.2 Å². The highest BCUT2D eigenvalue weighted by atomic mass is 32.2. The maximum absolute atomic E-state index is 12.1. The third-order valence-corrected chi connectivity index (χ3v) is 4.05. The van der Waals surface area contributed by atoms with Gasteiger partial charge in [0.2, 0.25) is 5.78 Å². The number of rotatable bonds is 1. The van der Waals surface area contributed by atoms with Gasteiger partial charge in [-0.25, -0.2) is 0 Å². The first kappa shape index (κ1) is 12.7. The Morgan fingerprint density at radius 2 is 1.55 bits per heavy atom. The summed E-state index contributed by atoms with van der Waals surface area (Å²) >= 11 is 0. The van der Waals surface area contributed by atoms with Crippen LogP contribution in [0.2, 0.25) is 0 Å². The van der Waals surface area contributed by atoms with Crippen LogP contribution in [0.25, 0.3) is 12.2 Å². The largest absolute Gasteiger partial charge is 0.298 e. The number of Topliss-reactive ketones (excluding diaryl/α,β-unsaturated/α-hetero) is 1. The first-order valence-corrected chi connectivity index (χ1v) is 7.13. The van der Waals surface area contributed by atoms with E-state index >= 15 is 0 Å². The van der Waals surface area contributed by atoms with E-state index in [0.29, 0.717) is 16.0 Å². The number of hydrogen-bond donors (Lipinski definition) is 1. The number of carbonyl (C=O) groups excluding carboxylic acids is 2. The van der Waals surface area contributed by atoms with Crippen molar-refractivity contribution in [1.29, 1.82) is 0 Å². The topological polar surface area (TPSA) is 88.5 Å². The maximum Gasteiger partial charge on any atom is 0.298 e. The molecule has 1 N–H and O–H groups in total. The number of ketones is 2. The molecular weight excluding hydrogens is 280 g/mol. The summed E-state index contributed by atoms with van der Waals surface area (Å²) < 4.78 is 31.3. The van der Waals surface area contributed by atoms with Crippen molar-refractivity contribution in [3.05, 3.63) is 56.8 Å². The molecule has 5 nitrogen and oxygen atoms in total. The predicted octanol–water partition coefficient (Wildman–Crippen LogP) is -0.0319. The van der Waals surface area contributed by atoms with Crippen molar-refractivity contribution >= 4 is 33.8 Å². The molecule has 2 aliphatic rings. The minimum absolute atomic E-state index is 0.151. The zero-order valence-electron chi connectivity index (χ0n) is 10.0. The van der Waals surface area contributed by atoms with Gasteiger partial charge in [0.1, 0.15) is 4.91 Å². The van der Waals surface area contributed by atoms with E-state index in [0.717, 1.165) is 6.08 Å². The lowest BCUT2D eigenvalue weighted by Gasteiger charge is -2.11. The molecule has 0 bridgehead atoms. The van der Waals surface area contributed by atoms with E-state index in [9.17, 15) is 18.0 Å². The summed E-state index contributed by atoms with van der Waals surface area (Å²) in [5.41, 5.74) is 0.609. The first-order valence-electron chi connectivity index (χ1n) is 5.69. The van der Waals surface area contributed by atoms with Crippen LogP contribution >= 0.6 is 0 Å². The molecule has 0 fully saturated rings. The molecule has 0 aromatic heterocycles. The summed E-state index contributed by atoms with van der Waals surface area (Å²) in [6, 6.07) is 3.01. The molecule has 0 saturated heterocycles. The van der Waals surface area contributed by atoms with Gasteiger partial charge in [-0.2, -0.15) is 8.42 Å². The molecule has 2 aliphatic carbocycles. The summed E-state index contributed by atoms with van der Waals surface area (Å²) in [6.45, 7) is 0. The molecule has 1 aromatic carbocycles. The molecule has 0 aliphatic heterocycles. The Hall–Kier alpha value is -2.31. The third kappa shape index (κ3) is 1.86. The second kappa shape index (κ2) is 4.09. The fourth-order valence-electron chi connectivity index (χ4n) is 2.22. The van der Waals surface area contributed by atoms with Crippen LogP contribution in [-0.2, 0) is 10.1 Å². The highest BCUT2D eigenvalue weighted by molar-refractivity contribution is 7.90. The molecule has 1 aromatic rings. The number of allylic oxidation sites excluding steroid dienone is 4. The van der Waals surface area contributed by atoms with Gasteiger partial charge in [0, 0.05) is 11.1 Å². The van der Waals surface area contributed by atoms with E-state index < -0.39 is 20.8 Å². The van der Waals surface area contributed by atoms with Crippen LogP contribution < -0.4 is 10.4 Å². The van der Waals surface area contributed by atoms with Crippen LogP contribution in [0.5, 0.6) is 0 Å². The van der Waals surface area contributed by atoms with Crippen molar-refractivity contribution in [2.75, 3.05) is 0 Å². The average Bonchev–Trinajstić information content (AvgIpc) is 2.37. The van der Waals surface area contributed by atoms with Crippen molar-refractivity contribution in [1.82, 2.24) is 0 Å².